The van der Waals surface area contributed by atoms with Crippen molar-refractivity contribution < 1.29 is 39.6 Å². The summed E-state index contributed by atoms with van der Waals surface area (Å²) in [7, 11) is 0. The Hall–Kier alpha value is -0.591. The third-order valence-corrected chi connectivity index (χ3v) is 1.31. The van der Waals surface area contributed by atoms with E-state index in [0.29, 0.717) is 0 Å². The van der Waals surface area contributed by atoms with E-state index in [9.17, 15) is 14.4 Å². The second-order valence-electron chi connectivity index (χ2n) is 2.11. The van der Waals surface area contributed by atoms with Crippen LogP contribution in [-0.4, -0.2) is 41.7 Å². The van der Waals surface area contributed by atoms with E-state index in [2.05, 4.69) is 23.3 Å². The van der Waals surface area contributed by atoms with Crippen LogP contribution < -0.4 is 10.6 Å². The van der Waals surface area contributed by atoms with Gasteiger partial charge >= 0.3 is 5.97 Å². The summed E-state index contributed by atoms with van der Waals surface area (Å²) in [4.78, 5) is 31.3. The Kier molecular flexibility index (Phi) is 10.2. The average Bonchev–Trinajstić information content (AvgIpc) is 2.10. The van der Waals surface area contributed by atoms with Crippen molar-refractivity contribution in [2.24, 2.45) is 0 Å². The molecular formula is C6H10N2O4STc. The smallest absolute Gasteiger partial charge is 0.322 e. The van der Waals surface area contributed by atoms with Gasteiger partial charge in [0.05, 0.1) is 12.3 Å². The maximum absolute atomic E-state index is 10.8. The molecule has 0 bridgehead atoms. The van der Waals surface area contributed by atoms with Crippen molar-refractivity contribution in [2.45, 2.75) is 0 Å². The van der Waals surface area contributed by atoms with Gasteiger partial charge in [-0.15, -0.1) is 0 Å². The van der Waals surface area contributed by atoms with Gasteiger partial charge in [-0.25, -0.2) is 0 Å². The Balaban J connectivity index is 0. The zero-order chi connectivity index (χ0) is 10.3. The van der Waals surface area contributed by atoms with Gasteiger partial charge in [0.25, 0.3) is 0 Å². The van der Waals surface area contributed by atoms with Gasteiger partial charge in [0, 0.05) is 20.1 Å². The topological polar surface area (TPSA) is 95.5 Å². The third kappa shape index (κ3) is 9.50. The number of nitrogens with one attached hydrogen (secondary N) is 2. The molecule has 0 aliphatic rings. The maximum Gasteiger partial charge on any atom is 0.322 e. The molecule has 0 aromatic rings. The largest absolute Gasteiger partial charge is 0.480 e. The molecule has 0 saturated carbocycles. The van der Waals surface area contributed by atoms with Crippen LogP contribution in [0.4, 0.5) is 0 Å². The number of carbonyl (C=O) groups is 3. The number of thiol groups is 1. The van der Waals surface area contributed by atoms with E-state index in [0.717, 1.165) is 0 Å². The SMILES string of the molecule is O=C(O)CNC(=O)CNC(=O)CS.[99Tc]. The minimum Gasteiger partial charge on any atom is -0.480 e. The summed E-state index contributed by atoms with van der Waals surface area (Å²) in [5, 5.41) is 12.5. The molecule has 0 aromatic heterocycles. The number of hydrogen-bond donors (Lipinski definition) is 4. The summed E-state index contributed by atoms with van der Waals surface area (Å²) >= 11 is 3.66. The Morgan fingerprint density at radius 2 is 1.57 bits per heavy atom. The van der Waals surface area contributed by atoms with Gasteiger partial charge in [0.15, 0.2) is 0 Å². The number of carbonyl (C=O) groups excluding carboxylic acids is 2. The summed E-state index contributed by atoms with van der Waals surface area (Å²) in [6.45, 7) is -0.678. The quantitative estimate of drug-likeness (QED) is 0.452. The van der Waals surface area contributed by atoms with E-state index < -0.39 is 18.4 Å². The van der Waals surface area contributed by atoms with Crippen molar-refractivity contribution in [3.05, 3.63) is 0 Å². The van der Waals surface area contributed by atoms with Crippen LogP contribution in [0.5, 0.6) is 0 Å². The molecule has 0 aliphatic heterocycles. The molecule has 0 unspecified atom stereocenters. The molecule has 0 aromatic carbocycles. The van der Waals surface area contributed by atoms with Gasteiger partial charge in [-0.2, -0.15) is 12.6 Å². The number of aliphatic carboxylic acids is 1. The first-order valence-electron chi connectivity index (χ1n) is 3.42. The minimum atomic E-state index is -1.13. The molecule has 0 fully saturated rings. The van der Waals surface area contributed by atoms with Crippen molar-refractivity contribution in [3.8, 4) is 0 Å². The normalized spacial score (nSPS) is 8.36. The Bertz CT molecular complexity index is 224. The Morgan fingerprint density at radius 3 is 2.00 bits per heavy atom. The first kappa shape index (κ1) is 15.9. The van der Waals surface area contributed by atoms with Crippen molar-refractivity contribution in [1.29, 1.82) is 0 Å². The number of carboxylic acid groups (broad SMARTS) is 1. The van der Waals surface area contributed by atoms with Crippen molar-refractivity contribution >= 4 is 30.4 Å². The van der Waals surface area contributed by atoms with Crippen LogP contribution >= 0.6 is 12.6 Å². The molecule has 0 atom stereocenters. The number of carboxylic acids is 1. The molecule has 0 rings (SSSR count). The fraction of sp³-hybridized carbons (Fsp3) is 0.500. The third-order valence-electron chi connectivity index (χ3n) is 1.03. The van der Waals surface area contributed by atoms with Crippen LogP contribution in [0.1, 0.15) is 0 Å². The van der Waals surface area contributed by atoms with Gasteiger partial charge in [0.2, 0.25) is 11.8 Å². The van der Waals surface area contributed by atoms with Crippen LogP contribution in [-0.2, 0) is 34.5 Å². The number of amides is 2. The van der Waals surface area contributed by atoms with Crippen LogP contribution in [0.3, 0.4) is 0 Å². The fourth-order valence-electron chi connectivity index (χ4n) is 0.471. The van der Waals surface area contributed by atoms with Gasteiger partial charge < -0.3 is 15.7 Å². The second-order valence-corrected chi connectivity index (χ2v) is 2.42. The molecule has 0 spiro atoms. The zero-order valence-corrected chi connectivity index (χ0v) is 9.87. The summed E-state index contributed by atoms with van der Waals surface area (Å²) in [6, 6.07) is 0. The summed E-state index contributed by atoms with van der Waals surface area (Å²) in [6.07, 6.45) is 0. The van der Waals surface area contributed by atoms with Crippen LogP contribution in [0.25, 0.3) is 0 Å². The van der Waals surface area contributed by atoms with Gasteiger partial charge in [-0.05, 0) is 0 Å². The minimum absolute atomic E-state index is 0. The number of rotatable bonds is 5. The molecule has 14 heavy (non-hydrogen) atoms. The first-order valence-corrected chi connectivity index (χ1v) is 4.05. The number of hydrogen-bond acceptors (Lipinski definition) is 4. The monoisotopic (exact) mass is 305 g/mol. The van der Waals surface area contributed by atoms with E-state index in [1.807, 2.05) is 0 Å². The Labute approximate surface area is 99.6 Å². The molecule has 0 saturated heterocycles. The van der Waals surface area contributed by atoms with E-state index in [1.165, 1.54) is 0 Å². The summed E-state index contributed by atoms with van der Waals surface area (Å²) in [5.74, 6) is -2.06. The molecule has 3 N–H and O–H groups in total. The van der Waals surface area contributed by atoms with Crippen molar-refractivity contribution in [2.75, 3.05) is 18.8 Å². The van der Waals surface area contributed by atoms with Crippen molar-refractivity contribution in [3.63, 3.8) is 0 Å². The van der Waals surface area contributed by atoms with E-state index in [-0.39, 0.29) is 38.3 Å². The van der Waals surface area contributed by atoms with Gasteiger partial charge in [-0.1, -0.05) is 0 Å². The van der Waals surface area contributed by atoms with Crippen LogP contribution in [0, 0.1) is 0 Å². The standard InChI is InChI=1S/C6H10N2O4S.Tc/c9-4(8-2-6(11)12)1-7-5(10)3-13;/h13H,1-3H2,(H,7,10)(H,8,9)(H,11,12);/i;1+1. The van der Waals surface area contributed by atoms with Gasteiger partial charge in [0.1, 0.15) is 6.54 Å². The second kappa shape index (κ2) is 8.98. The molecule has 1 radical (unpaired) electrons. The molecular weight excluding hydrogens is 295 g/mol. The van der Waals surface area contributed by atoms with Crippen LogP contribution in [0.2, 0.25) is 0 Å². The molecule has 2 amide bonds. The Morgan fingerprint density at radius 1 is 1.07 bits per heavy atom. The predicted molar refractivity (Wildman–Crippen MR) is 47.5 cm³/mol. The van der Waals surface area contributed by atoms with Crippen molar-refractivity contribution in [1.82, 2.24) is 10.6 Å². The predicted octanol–water partition coefficient (Wildman–Crippen LogP) is -1.77. The van der Waals surface area contributed by atoms with E-state index in [1.54, 1.807) is 0 Å². The molecule has 0 heterocycles. The zero-order valence-electron chi connectivity index (χ0n) is 7.12. The van der Waals surface area contributed by atoms with E-state index >= 15 is 0 Å². The van der Waals surface area contributed by atoms with Crippen LogP contribution in [0.15, 0.2) is 0 Å². The molecule has 8 heteroatoms. The van der Waals surface area contributed by atoms with E-state index in [4.69, 9.17) is 5.11 Å². The fourth-order valence-corrected chi connectivity index (χ4v) is 0.583. The van der Waals surface area contributed by atoms with Gasteiger partial charge in [-0.3, -0.25) is 14.4 Å². The molecule has 6 nitrogen and oxygen atoms in total. The molecule has 81 valence electrons. The summed E-state index contributed by atoms with van der Waals surface area (Å²) < 4.78 is 0. The molecule has 0 aliphatic carbocycles. The average molecular weight is 305 g/mol. The first-order chi connectivity index (χ1) is 6.06. The summed E-state index contributed by atoms with van der Waals surface area (Å²) in [5.41, 5.74) is 0. The maximum atomic E-state index is 10.8.